The van der Waals surface area contributed by atoms with E-state index >= 15 is 0 Å². The lowest BCUT2D eigenvalue weighted by Crippen LogP contribution is -2.19. The number of benzene rings is 2. The van der Waals surface area contributed by atoms with E-state index in [2.05, 4.69) is 63.7 Å². The van der Waals surface area contributed by atoms with Crippen LogP contribution in [0.5, 0.6) is 0 Å². The molecule has 3 aromatic rings. The van der Waals surface area contributed by atoms with Gasteiger partial charge in [-0.05, 0) is 37.5 Å². The van der Waals surface area contributed by atoms with Crippen LogP contribution < -0.4 is 10.2 Å². The third-order valence-corrected chi connectivity index (χ3v) is 4.28. The highest BCUT2D eigenvalue weighted by molar-refractivity contribution is 5.61. The summed E-state index contributed by atoms with van der Waals surface area (Å²) in [7, 11) is 0. The largest absolute Gasteiger partial charge is 0.351 e. The second-order valence-corrected chi connectivity index (χ2v) is 6.52. The molecule has 4 rings (SSSR count). The van der Waals surface area contributed by atoms with E-state index in [1.54, 1.807) is 0 Å². The van der Waals surface area contributed by atoms with Gasteiger partial charge in [0, 0.05) is 30.0 Å². The van der Waals surface area contributed by atoms with E-state index in [0.29, 0.717) is 6.04 Å². The molecule has 1 saturated carbocycles. The fraction of sp³-hybridized carbons (Fsp3) is 0.238. The van der Waals surface area contributed by atoms with Gasteiger partial charge < -0.3 is 10.2 Å². The van der Waals surface area contributed by atoms with E-state index in [-0.39, 0.29) is 0 Å². The Morgan fingerprint density at radius 3 is 2.32 bits per heavy atom. The average Bonchev–Trinajstić information content (AvgIpc) is 3.45. The van der Waals surface area contributed by atoms with Crippen LogP contribution in [-0.4, -0.2) is 16.0 Å². The van der Waals surface area contributed by atoms with Crippen molar-refractivity contribution in [1.82, 2.24) is 9.97 Å². The molecule has 1 N–H and O–H groups in total. The van der Waals surface area contributed by atoms with Crippen molar-refractivity contribution in [3.05, 3.63) is 78.0 Å². The van der Waals surface area contributed by atoms with Gasteiger partial charge in [0.1, 0.15) is 5.82 Å². The molecular formula is C21H22N4. The summed E-state index contributed by atoms with van der Waals surface area (Å²) in [5.41, 5.74) is 3.35. The number of nitrogens with zero attached hydrogens (tertiary/aromatic N) is 3. The number of rotatable bonds is 6. The average molecular weight is 330 g/mol. The molecule has 0 amide bonds. The molecule has 1 fully saturated rings. The summed E-state index contributed by atoms with van der Waals surface area (Å²) in [4.78, 5) is 11.6. The lowest BCUT2D eigenvalue weighted by Gasteiger charge is -2.25. The molecule has 4 heteroatoms. The summed E-state index contributed by atoms with van der Waals surface area (Å²) in [6.07, 6.45) is 2.41. The predicted octanol–water partition coefficient (Wildman–Crippen LogP) is 4.70. The first kappa shape index (κ1) is 15.6. The Kier molecular flexibility index (Phi) is 4.34. The first-order chi connectivity index (χ1) is 12.3. The van der Waals surface area contributed by atoms with Crippen LogP contribution in [0.15, 0.2) is 66.7 Å². The Morgan fingerprint density at radius 2 is 1.64 bits per heavy atom. The second-order valence-electron chi connectivity index (χ2n) is 6.52. The molecule has 0 spiro atoms. The van der Waals surface area contributed by atoms with Gasteiger partial charge in [-0.2, -0.15) is 4.98 Å². The van der Waals surface area contributed by atoms with E-state index < -0.39 is 0 Å². The summed E-state index contributed by atoms with van der Waals surface area (Å²) >= 11 is 0. The third kappa shape index (κ3) is 3.97. The number of para-hydroxylation sites is 1. The maximum Gasteiger partial charge on any atom is 0.225 e. The van der Waals surface area contributed by atoms with Gasteiger partial charge in [0.05, 0.1) is 0 Å². The third-order valence-electron chi connectivity index (χ3n) is 4.28. The van der Waals surface area contributed by atoms with Crippen molar-refractivity contribution in [3.63, 3.8) is 0 Å². The molecule has 0 saturated heterocycles. The fourth-order valence-corrected chi connectivity index (χ4v) is 2.84. The summed E-state index contributed by atoms with van der Waals surface area (Å²) in [6.45, 7) is 2.79. The van der Waals surface area contributed by atoms with Crippen LogP contribution in [0.2, 0.25) is 0 Å². The predicted molar refractivity (Wildman–Crippen MR) is 102 cm³/mol. The van der Waals surface area contributed by atoms with Crippen molar-refractivity contribution in [1.29, 1.82) is 0 Å². The molecule has 1 aliphatic carbocycles. The SMILES string of the molecule is Cc1cc(N(Cc2ccccc2)c2ccccc2)nc(NC2CC2)n1. The van der Waals surface area contributed by atoms with Crippen LogP contribution in [0.4, 0.5) is 17.5 Å². The summed E-state index contributed by atoms with van der Waals surface area (Å²) in [6, 6.07) is 23.5. The maximum atomic E-state index is 4.79. The number of hydrogen-bond donors (Lipinski definition) is 1. The highest BCUT2D eigenvalue weighted by atomic mass is 15.2. The number of hydrogen-bond acceptors (Lipinski definition) is 4. The summed E-state index contributed by atoms with van der Waals surface area (Å²) in [5, 5.41) is 3.42. The second kappa shape index (κ2) is 6.93. The zero-order chi connectivity index (χ0) is 17.1. The number of aromatic nitrogens is 2. The zero-order valence-corrected chi connectivity index (χ0v) is 14.4. The van der Waals surface area contributed by atoms with Crippen LogP contribution in [-0.2, 0) is 6.54 Å². The molecule has 0 radical (unpaired) electrons. The van der Waals surface area contributed by atoms with Crippen molar-refractivity contribution >= 4 is 17.5 Å². The molecule has 0 unspecified atom stereocenters. The van der Waals surface area contributed by atoms with E-state index in [1.807, 2.05) is 25.1 Å². The molecule has 126 valence electrons. The molecule has 0 bridgehead atoms. The van der Waals surface area contributed by atoms with Gasteiger partial charge in [0.15, 0.2) is 0 Å². The van der Waals surface area contributed by atoms with Crippen LogP contribution in [0, 0.1) is 6.92 Å². The zero-order valence-electron chi connectivity index (χ0n) is 14.4. The highest BCUT2D eigenvalue weighted by Crippen LogP contribution is 2.29. The molecule has 4 nitrogen and oxygen atoms in total. The summed E-state index contributed by atoms with van der Waals surface area (Å²) < 4.78 is 0. The van der Waals surface area contributed by atoms with Crippen molar-refractivity contribution in [2.75, 3.05) is 10.2 Å². The minimum absolute atomic E-state index is 0.536. The molecule has 2 aromatic carbocycles. The highest BCUT2D eigenvalue weighted by Gasteiger charge is 2.23. The van der Waals surface area contributed by atoms with E-state index in [4.69, 9.17) is 4.98 Å². The number of anilines is 3. The maximum absolute atomic E-state index is 4.79. The van der Waals surface area contributed by atoms with Crippen molar-refractivity contribution in [3.8, 4) is 0 Å². The van der Waals surface area contributed by atoms with Crippen LogP contribution in [0.3, 0.4) is 0 Å². The van der Waals surface area contributed by atoms with Gasteiger partial charge in [-0.25, -0.2) is 4.98 Å². The molecular weight excluding hydrogens is 308 g/mol. The van der Waals surface area contributed by atoms with Crippen LogP contribution in [0.25, 0.3) is 0 Å². The van der Waals surface area contributed by atoms with E-state index in [1.165, 1.54) is 18.4 Å². The van der Waals surface area contributed by atoms with Gasteiger partial charge in [-0.3, -0.25) is 0 Å². The fourth-order valence-electron chi connectivity index (χ4n) is 2.84. The Bertz CT molecular complexity index is 829. The molecule has 0 aliphatic heterocycles. The standard InChI is InChI=1S/C21H22N4/c1-16-14-20(24-21(22-16)23-18-12-13-18)25(19-10-6-3-7-11-19)15-17-8-4-2-5-9-17/h2-11,14,18H,12-13,15H2,1H3,(H,22,23,24). The van der Waals surface area contributed by atoms with Crippen LogP contribution in [0.1, 0.15) is 24.1 Å². The monoisotopic (exact) mass is 330 g/mol. The van der Waals surface area contributed by atoms with Gasteiger partial charge in [-0.15, -0.1) is 0 Å². The summed E-state index contributed by atoms with van der Waals surface area (Å²) in [5.74, 6) is 1.65. The topological polar surface area (TPSA) is 41.1 Å². The van der Waals surface area contributed by atoms with E-state index in [0.717, 1.165) is 29.7 Å². The van der Waals surface area contributed by atoms with Gasteiger partial charge in [0.25, 0.3) is 0 Å². The smallest absolute Gasteiger partial charge is 0.225 e. The molecule has 0 atom stereocenters. The Hall–Kier alpha value is -2.88. The van der Waals surface area contributed by atoms with Crippen molar-refractivity contribution in [2.24, 2.45) is 0 Å². The lowest BCUT2D eigenvalue weighted by molar-refractivity contribution is 0.925. The lowest BCUT2D eigenvalue weighted by atomic mass is 10.2. The first-order valence-electron chi connectivity index (χ1n) is 8.77. The molecule has 1 aliphatic rings. The molecule has 1 heterocycles. The Balaban J connectivity index is 1.71. The number of nitrogens with one attached hydrogen (secondary N) is 1. The first-order valence-corrected chi connectivity index (χ1v) is 8.77. The van der Waals surface area contributed by atoms with Crippen molar-refractivity contribution < 1.29 is 0 Å². The molecule has 25 heavy (non-hydrogen) atoms. The minimum Gasteiger partial charge on any atom is -0.351 e. The van der Waals surface area contributed by atoms with Gasteiger partial charge in [-0.1, -0.05) is 48.5 Å². The van der Waals surface area contributed by atoms with Crippen molar-refractivity contribution in [2.45, 2.75) is 32.4 Å². The van der Waals surface area contributed by atoms with Crippen LogP contribution >= 0.6 is 0 Å². The Morgan fingerprint density at radius 1 is 0.960 bits per heavy atom. The normalized spacial score (nSPS) is 13.5. The van der Waals surface area contributed by atoms with E-state index in [9.17, 15) is 0 Å². The number of aryl methyl sites for hydroxylation is 1. The molecule has 1 aromatic heterocycles. The Labute approximate surface area is 148 Å². The van der Waals surface area contributed by atoms with Gasteiger partial charge in [0.2, 0.25) is 5.95 Å². The quantitative estimate of drug-likeness (QED) is 0.711. The van der Waals surface area contributed by atoms with Gasteiger partial charge >= 0.3 is 0 Å². The minimum atomic E-state index is 0.536.